The number of likely N-dealkylation sites (tertiary alicyclic amines) is 1. The second-order valence-electron chi connectivity index (χ2n) is 8.09. The molecule has 0 aliphatic carbocycles. The minimum atomic E-state index is -1.15. The number of halogens is 1. The second kappa shape index (κ2) is 7.32. The van der Waals surface area contributed by atoms with Crippen molar-refractivity contribution in [2.45, 2.75) is 51.7 Å². The van der Waals surface area contributed by atoms with E-state index in [4.69, 9.17) is 16.3 Å². The van der Waals surface area contributed by atoms with Gasteiger partial charge in [0.2, 0.25) is 5.91 Å². The topological polar surface area (TPSA) is 78.9 Å². The number of carbonyl (C=O) groups is 2. The first kappa shape index (κ1) is 20.0. The number of nitrogens with zero attached hydrogens (tertiary/aromatic N) is 1. The van der Waals surface area contributed by atoms with Crippen molar-refractivity contribution >= 4 is 23.4 Å². The predicted octanol–water partition coefficient (Wildman–Crippen LogP) is 2.30. The highest BCUT2D eigenvalue weighted by molar-refractivity contribution is 6.32. The van der Waals surface area contributed by atoms with Crippen LogP contribution in [-0.4, -0.2) is 53.2 Å². The summed E-state index contributed by atoms with van der Waals surface area (Å²) in [7, 11) is 0. The number of ether oxygens (including phenoxy) is 1. The van der Waals surface area contributed by atoms with Gasteiger partial charge in [-0.2, -0.15) is 0 Å². The molecule has 0 bridgehead atoms. The number of aryl methyl sites for hydroxylation is 1. The zero-order valence-corrected chi connectivity index (χ0v) is 16.8. The minimum absolute atomic E-state index is 0.167. The van der Waals surface area contributed by atoms with Gasteiger partial charge < -0.3 is 20.1 Å². The number of hydrogen-bond donors (Lipinski definition) is 2. The van der Waals surface area contributed by atoms with Crippen LogP contribution in [0.5, 0.6) is 5.75 Å². The maximum atomic E-state index is 13.2. The Kier molecular flexibility index (Phi) is 5.41. The normalized spacial score (nSPS) is 26.0. The molecule has 2 heterocycles. The molecule has 2 atom stereocenters. The van der Waals surface area contributed by atoms with E-state index in [2.05, 4.69) is 5.32 Å². The van der Waals surface area contributed by atoms with Crippen LogP contribution >= 0.6 is 11.6 Å². The fourth-order valence-electron chi connectivity index (χ4n) is 4.01. The Labute approximate surface area is 164 Å². The molecular formula is C20H27ClN2O4. The van der Waals surface area contributed by atoms with Crippen molar-refractivity contribution in [3.63, 3.8) is 0 Å². The molecule has 2 aliphatic heterocycles. The van der Waals surface area contributed by atoms with Gasteiger partial charge in [0.05, 0.1) is 16.5 Å². The number of piperidine rings is 2. The summed E-state index contributed by atoms with van der Waals surface area (Å²) >= 11 is 6.21. The number of aliphatic hydroxyl groups excluding tert-OH is 1. The standard InChI is InChI=1S/C20H27ClN2O4/c1-13-5-6-14(21)15(11-13)27-19(2,3)18(26)23-10-7-16(24)20(12-23)8-4-9-22-17(20)25/h5-6,11,16,24H,4,7-10,12H2,1-3H3,(H,22,25)/t16-,20-/m1/s1. The predicted molar refractivity (Wildman–Crippen MR) is 103 cm³/mol. The van der Waals surface area contributed by atoms with Gasteiger partial charge in [-0.15, -0.1) is 0 Å². The average Bonchev–Trinajstić information content (AvgIpc) is 2.62. The summed E-state index contributed by atoms with van der Waals surface area (Å²) in [5, 5.41) is 13.8. The Bertz CT molecular complexity index is 751. The Morgan fingerprint density at radius 1 is 1.44 bits per heavy atom. The van der Waals surface area contributed by atoms with E-state index in [9.17, 15) is 14.7 Å². The van der Waals surface area contributed by atoms with E-state index < -0.39 is 17.1 Å². The fraction of sp³-hybridized carbons (Fsp3) is 0.600. The highest BCUT2D eigenvalue weighted by atomic mass is 35.5. The summed E-state index contributed by atoms with van der Waals surface area (Å²) in [4.78, 5) is 27.4. The largest absolute Gasteiger partial charge is 0.476 e. The smallest absolute Gasteiger partial charge is 0.266 e. The third-order valence-electron chi connectivity index (χ3n) is 5.57. The molecule has 2 amide bonds. The second-order valence-corrected chi connectivity index (χ2v) is 8.50. The molecule has 6 nitrogen and oxygen atoms in total. The Morgan fingerprint density at radius 2 is 2.19 bits per heavy atom. The molecule has 2 fully saturated rings. The van der Waals surface area contributed by atoms with Crippen molar-refractivity contribution in [3.8, 4) is 5.75 Å². The number of aliphatic hydroxyl groups is 1. The van der Waals surface area contributed by atoms with E-state index in [1.807, 2.05) is 13.0 Å². The maximum absolute atomic E-state index is 13.2. The maximum Gasteiger partial charge on any atom is 0.266 e. The van der Waals surface area contributed by atoms with E-state index in [-0.39, 0.29) is 18.4 Å². The molecule has 0 unspecified atom stereocenters. The van der Waals surface area contributed by atoms with Crippen molar-refractivity contribution in [1.82, 2.24) is 10.2 Å². The van der Waals surface area contributed by atoms with Crippen LogP contribution < -0.4 is 10.1 Å². The van der Waals surface area contributed by atoms with Gasteiger partial charge in [-0.05, 0) is 57.7 Å². The van der Waals surface area contributed by atoms with E-state index in [0.29, 0.717) is 36.7 Å². The van der Waals surface area contributed by atoms with Gasteiger partial charge in [0.25, 0.3) is 5.91 Å². The number of carbonyl (C=O) groups excluding carboxylic acids is 2. The number of rotatable bonds is 3. The lowest BCUT2D eigenvalue weighted by Crippen LogP contribution is -2.64. The molecule has 0 saturated carbocycles. The van der Waals surface area contributed by atoms with Crippen molar-refractivity contribution in [3.05, 3.63) is 28.8 Å². The molecule has 3 rings (SSSR count). The zero-order valence-electron chi connectivity index (χ0n) is 16.0. The van der Waals surface area contributed by atoms with Crippen LogP contribution in [0.4, 0.5) is 0 Å². The number of benzene rings is 1. The van der Waals surface area contributed by atoms with Crippen molar-refractivity contribution in [2.24, 2.45) is 5.41 Å². The highest BCUT2D eigenvalue weighted by Crippen LogP contribution is 2.38. The molecule has 2 aliphatic rings. The van der Waals surface area contributed by atoms with Gasteiger partial charge in [-0.25, -0.2) is 0 Å². The molecule has 27 heavy (non-hydrogen) atoms. The van der Waals surface area contributed by atoms with Gasteiger partial charge >= 0.3 is 0 Å². The lowest BCUT2D eigenvalue weighted by Gasteiger charge is -2.48. The minimum Gasteiger partial charge on any atom is -0.476 e. The fourth-order valence-corrected chi connectivity index (χ4v) is 4.16. The van der Waals surface area contributed by atoms with Crippen molar-refractivity contribution < 1.29 is 19.4 Å². The van der Waals surface area contributed by atoms with Crippen LogP contribution in [0.3, 0.4) is 0 Å². The summed E-state index contributed by atoms with van der Waals surface area (Å²) in [6, 6.07) is 5.42. The summed E-state index contributed by atoms with van der Waals surface area (Å²) < 4.78 is 5.97. The van der Waals surface area contributed by atoms with Gasteiger partial charge in [0.15, 0.2) is 5.60 Å². The van der Waals surface area contributed by atoms with E-state index in [1.165, 1.54) is 0 Å². The third-order valence-corrected chi connectivity index (χ3v) is 5.89. The Hall–Kier alpha value is -1.79. The Balaban J connectivity index is 1.79. The SMILES string of the molecule is Cc1ccc(Cl)c(OC(C)(C)C(=O)N2CC[C@@H](O)[C@@]3(CCCNC3=O)C2)c1. The summed E-state index contributed by atoms with van der Waals surface area (Å²) in [5.41, 5.74) is -1.09. The quantitative estimate of drug-likeness (QED) is 0.824. The van der Waals surface area contributed by atoms with Crippen LogP contribution in [-0.2, 0) is 9.59 Å². The molecule has 1 aromatic carbocycles. The number of amides is 2. The molecule has 0 radical (unpaired) electrons. The van der Waals surface area contributed by atoms with Gasteiger partial charge in [-0.1, -0.05) is 17.7 Å². The molecule has 0 aromatic heterocycles. The summed E-state index contributed by atoms with van der Waals surface area (Å²) in [6.07, 6.45) is 1.01. The number of nitrogens with one attached hydrogen (secondary N) is 1. The highest BCUT2D eigenvalue weighted by Gasteiger charge is 2.52. The van der Waals surface area contributed by atoms with Gasteiger partial charge in [0.1, 0.15) is 5.75 Å². The molecule has 2 N–H and O–H groups in total. The number of hydrogen-bond acceptors (Lipinski definition) is 4. The summed E-state index contributed by atoms with van der Waals surface area (Å²) in [6.45, 7) is 6.53. The monoisotopic (exact) mass is 394 g/mol. The Morgan fingerprint density at radius 3 is 2.89 bits per heavy atom. The molecule has 7 heteroatoms. The van der Waals surface area contributed by atoms with Crippen LogP contribution in [0.15, 0.2) is 18.2 Å². The summed E-state index contributed by atoms with van der Waals surface area (Å²) in [5.74, 6) is 0.0705. The zero-order chi connectivity index (χ0) is 19.8. The van der Waals surface area contributed by atoms with Crippen LogP contribution in [0.1, 0.15) is 38.7 Å². The van der Waals surface area contributed by atoms with E-state index >= 15 is 0 Å². The molecule has 1 aromatic rings. The van der Waals surface area contributed by atoms with Crippen molar-refractivity contribution in [2.75, 3.05) is 19.6 Å². The molecule has 148 valence electrons. The first-order valence-electron chi connectivity index (χ1n) is 9.37. The van der Waals surface area contributed by atoms with Gasteiger partial charge in [-0.3, -0.25) is 9.59 Å². The van der Waals surface area contributed by atoms with Crippen LogP contribution in [0.25, 0.3) is 0 Å². The average molecular weight is 395 g/mol. The van der Waals surface area contributed by atoms with Crippen molar-refractivity contribution in [1.29, 1.82) is 0 Å². The van der Waals surface area contributed by atoms with Crippen LogP contribution in [0, 0.1) is 12.3 Å². The lowest BCUT2D eigenvalue weighted by atomic mass is 9.71. The first-order chi connectivity index (χ1) is 12.7. The van der Waals surface area contributed by atoms with Gasteiger partial charge in [0, 0.05) is 19.6 Å². The first-order valence-corrected chi connectivity index (χ1v) is 9.74. The molecule has 1 spiro atoms. The molecule has 2 saturated heterocycles. The van der Waals surface area contributed by atoms with E-state index in [1.54, 1.807) is 30.9 Å². The lowest BCUT2D eigenvalue weighted by molar-refractivity contribution is -0.161. The van der Waals surface area contributed by atoms with Crippen LogP contribution in [0.2, 0.25) is 5.02 Å². The third kappa shape index (κ3) is 3.78. The van der Waals surface area contributed by atoms with E-state index in [0.717, 1.165) is 12.0 Å². The molecular weight excluding hydrogens is 368 g/mol.